The van der Waals surface area contributed by atoms with Crippen LogP contribution in [0.15, 0.2) is 24.3 Å². The van der Waals surface area contributed by atoms with Crippen LogP contribution in [0.3, 0.4) is 0 Å². The lowest BCUT2D eigenvalue weighted by Gasteiger charge is -2.26. The van der Waals surface area contributed by atoms with Crippen molar-refractivity contribution in [1.82, 2.24) is 4.90 Å². The molecule has 0 aliphatic carbocycles. The van der Waals surface area contributed by atoms with Gasteiger partial charge in [0.25, 0.3) is 5.91 Å². The van der Waals surface area contributed by atoms with E-state index >= 15 is 0 Å². The van der Waals surface area contributed by atoms with Gasteiger partial charge in [0.15, 0.2) is 0 Å². The van der Waals surface area contributed by atoms with Gasteiger partial charge in [-0.1, -0.05) is 12.1 Å². The average Bonchev–Trinajstić information content (AvgIpc) is 2.92. The summed E-state index contributed by atoms with van der Waals surface area (Å²) < 4.78 is 0. The van der Waals surface area contributed by atoms with Crippen LogP contribution in [0.4, 0.5) is 5.69 Å². The van der Waals surface area contributed by atoms with Gasteiger partial charge in [-0.2, -0.15) is 0 Å². The predicted molar refractivity (Wildman–Crippen MR) is 85.6 cm³/mol. The number of para-hydroxylation sites is 1. The number of likely N-dealkylation sites (tertiary alicyclic amines) is 1. The Morgan fingerprint density at radius 1 is 1.43 bits per heavy atom. The van der Waals surface area contributed by atoms with E-state index in [-0.39, 0.29) is 18.6 Å². The number of amides is 1. The molecule has 2 N–H and O–H groups in total. The van der Waals surface area contributed by atoms with E-state index in [1.807, 2.05) is 29.2 Å². The van der Waals surface area contributed by atoms with Crippen LogP contribution < -0.4 is 5.32 Å². The van der Waals surface area contributed by atoms with Crippen LogP contribution in [-0.2, 0) is 0 Å². The number of benzene rings is 1. The molecule has 1 atom stereocenters. The van der Waals surface area contributed by atoms with Crippen LogP contribution in [0.25, 0.3) is 0 Å². The Labute approximate surface area is 127 Å². The molecule has 1 heterocycles. The van der Waals surface area contributed by atoms with Crippen LogP contribution in [0.2, 0.25) is 0 Å². The third-order valence-corrected chi connectivity index (χ3v) is 3.94. The van der Waals surface area contributed by atoms with Gasteiger partial charge >= 0.3 is 0 Å². The summed E-state index contributed by atoms with van der Waals surface area (Å²) in [5, 5.41) is 12.3. The van der Waals surface area contributed by atoms with Crippen LogP contribution in [0.1, 0.15) is 49.9 Å². The summed E-state index contributed by atoms with van der Waals surface area (Å²) in [6, 6.07) is 8.30. The first-order valence-corrected chi connectivity index (χ1v) is 7.91. The van der Waals surface area contributed by atoms with Crippen molar-refractivity contribution in [3.8, 4) is 0 Å². The number of rotatable bonds is 6. The molecule has 1 fully saturated rings. The van der Waals surface area contributed by atoms with Gasteiger partial charge in [-0.3, -0.25) is 4.79 Å². The number of carbonyl (C=O) groups is 1. The fourth-order valence-corrected chi connectivity index (χ4v) is 2.99. The Kier molecular flexibility index (Phi) is 5.62. The first-order valence-electron chi connectivity index (χ1n) is 7.91. The molecule has 0 spiro atoms. The molecule has 1 unspecified atom stereocenters. The van der Waals surface area contributed by atoms with Crippen LogP contribution >= 0.6 is 0 Å². The normalized spacial score (nSPS) is 18.3. The molecule has 0 saturated carbocycles. The van der Waals surface area contributed by atoms with Gasteiger partial charge in [0.2, 0.25) is 0 Å². The molecular formula is C17H26N2O2. The minimum Gasteiger partial charge on any atom is -0.396 e. The summed E-state index contributed by atoms with van der Waals surface area (Å²) in [5.74, 6) is 0.110. The monoisotopic (exact) mass is 290 g/mol. The lowest BCUT2D eigenvalue weighted by molar-refractivity contribution is 0.0725. The fourth-order valence-electron chi connectivity index (χ4n) is 2.99. The van der Waals surface area contributed by atoms with Crippen molar-refractivity contribution in [1.29, 1.82) is 0 Å². The Morgan fingerprint density at radius 3 is 2.90 bits per heavy atom. The number of anilines is 1. The summed E-state index contributed by atoms with van der Waals surface area (Å²) >= 11 is 0. The number of aliphatic hydroxyl groups is 1. The highest BCUT2D eigenvalue weighted by molar-refractivity contribution is 6.00. The topological polar surface area (TPSA) is 52.6 Å². The lowest BCUT2D eigenvalue weighted by Crippen LogP contribution is -2.36. The molecule has 21 heavy (non-hydrogen) atoms. The third-order valence-electron chi connectivity index (χ3n) is 3.94. The van der Waals surface area contributed by atoms with Crippen molar-refractivity contribution in [3.63, 3.8) is 0 Å². The molecule has 0 radical (unpaired) electrons. The van der Waals surface area contributed by atoms with Gasteiger partial charge in [0, 0.05) is 30.9 Å². The standard InChI is InChI=1S/C17H26N2O2/c1-13(2)18-16-10-4-3-9-15(16)17(21)19-11-5-7-14(19)8-6-12-20/h3-4,9-10,13-14,18,20H,5-8,11-12H2,1-2H3. The zero-order valence-corrected chi connectivity index (χ0v) is 13.0. The zero-order chi connectivity index (χ0) is 15.2. The molecule has 1 aliphatic heterocycles. The highest BCUT2D eigenvalue weighted by atomic mass is 16.3. The van der Waals surface area contributed by atoms with Crippen molar-refractivity contribution in [2.45, 2.75) is 51.6 Å². The van der Waals surface area contributed by atoms with E-state index in [4.69, 9.17) is 5.11 Å². The van der Waals surface area contributed by atoms with E-state index in [1.54, 1.807) is 0 Å². The number of hydrogen-bond donors (Lipinski definition) is 2. The average molecular weight is 290 g/mol. The second kappa shape index (κ2) is 7.46. The molecule has 116 valence electrons. The number of aliphatic hydroxyl groups excluding tert-OH is 1. The van der Waals surface area contributed by atoms with Crippen LogP contribution in [0.5, 0.6) is 0 Å². The van der Waals surface area contributed by atoms with Crippen molar-refractivity contribution >= 4 is 11.6 Å². The quantitative estimate of drug-likeness (QED) is 0.847. The van der Waals surface area contributed by atoms with Gasteiger partial charge in [-0.25, -0.2) is 0 Å². The van der Waals surface area contributed by atoms with E-state index in [1.165, 1.54) is 0 Å². The highest BCUT2D eigenvalue weighted by Crippen LogP contribution is 2.26. The van der Waals surface area contributed by atoms with Gasteiger partial charge in [-0.15, -0.1) is 0 Å². The lowest BCUT2D eigenvalue weighted by atomic mass is 10.1. The Balaban J connectivity index is 2.15. The summed E-state index contributed by atoms with van der Waals surface area (Å²) in [4.78, 5) is 14.8. The maximum absolute atomic E-state index is 12.8. The minimum absolute atomic E-state index is 0.110. The summed E-state index contributed by atoms with van der Waals surface area (Å²) in [7, 11) is 0. The van der Waals surface area contributed by atoms with E-state index in [9.17, 15) is 4.79 Å². The van der Waals surface area contributed by atoms with Crippen molar-refractivity contribution in [3.05, 3.63) is 29.8 Å². The third kappa shape index (κ3) is 3.97. The summed E-state index contributed by atoms with van der Waals surface area (Å²) in [6.07, 6.45) is 3.76. The van der Waals surface area contributed by atoms with Gasteiger partial charge in [0.1, 0.15) is 0 Å². The molecule has 4 nitrogen and oxygen atoms in total. The minimum atomic E-state index is 0.110. The zero-order valence-electron chi connectivity index (χ0n) is 13.0. The maximum atomic E-state index is 12.8. The molecule has 2 rings (SSSR count). The first kappa shape index (κ1) is 15.8. The molecule has 1 saturated heterocycles. The van der Waals surface area contributed by atoms with E-state index in [0.717, 1.165) is 43.5 Å². The number of hydrogen-bond acceptors (Lipinski definition) is 3. The predicted octanol–water partition coefficient (Wildman–Crippen LogP) is 2.88. The SMILES string of the molecule is CC(C)Nc1ccccc1C(=O)N1CCCC1CCCO. The number of carbonyl (C=O) groups excluding carboxylic acids is 1. The molecule has 1 aliphatic rings. The largest absolute Gasteiger partial charge is 0.396 e. The number of nitrogens with one attached hydrogen (secondary N) is 1. The van der Waals surface area contributed by atoms with Crippen molar-refractivity contribution in [2.75, 3.05) is 18.5 Å². The fraction of sp³-hybridized carbons (Fsp3) is 0.588. The van der Waals surface area contributed by atoms with Crippen LogP contribution in [-0.4, -0.2) is 41.1 Å². The Bertz CT molecular complexity index is 474. The Hall–Kier alpha value is -1.55. The first-order chi connectivity index (χ1) is 10.1. The molecule has 1 aromatic carbocycles. The molecule has 4 heteroatoms. The van der Waals surface area contributed by atoms with Crippen LogP contribution in [0, 0.1) is 0 Å². The van der Waals surface area contributed by atoms with E-state index in [0.29, 0.717) is 6.04 Å². The van der Waals surface area contributed by atoms with E-state index in [2.05, 4.69) is 19.2 Å². The number of nitrogens with zero attached hydrogens (tertiary/aromatic N) is 1. The van der Waals surface area contributed by atoms with E-state index < -0.39 is 0 Å². The highest BCUT2D eigenvalue weighted by Gasteiger charge is 2.29. The second-order valence-electron chi connectivity index (χ2n) is 6.01. The summed E-state index contributed by atoms with van der Waals surface area (Å²) in [5.41, 5.74) is 1.66. The molecule has 1 aromatic rings. The van der Waals surface area contributed by atoms with Crippen molar-refractivity contribution in [2.24, 2.45) is 0 Å². The molecular weight excluding hydrogens is 264 g/mol. The maximum Gasteiger partial charge on any atom is 0.256 e. The van der Waals surface area contributed by atoms with Gasteiger partial charge < -0.3 is 15.3 Å². The van der Waals surface area contributed by atoms with Crippen molar-refractivity contribution < 1.29 is 9.90 Å². The smallest absolute Gasteiger partial charge is 0.256 e. The second-order valence-corrected chi connectivity index (χ2v) is 6.01. The molecule has 1 amide bonds. The molecule has 0 aromatic heterocycles. The molecule has 0 bridgehead atoms. The summed E-state index contributed by atoms with van der Waals surface area (Å²) in [6.45, 7) is 5.16. The Morgan fingerprint density at radius 2 is 2.19 bits per heavy atom. The van der Waals surface area contributed by atoms with Gasteiger partial charge in [-0.05, 0) is 51.7 Å². The van der Waals surface area contributed by atoms with Gasteiger partial charge in [0.05, 0.1) is 5.56 Å².